The molecule has 0 aliphatic rings. The van der Waals surface area contributed by atoms with Crippen LogP contribution in [-0.2, 0) is 11.4 Å². The zero-order valence-corrected chi connectivity index (χ0v) is 22.7. The predicted octanol–water partition coefficient (Wildman–Crippen LogP) is 7.63. The average molecular weight is 603 g/mol. The summed E-state index contributed by atoms with van der Waals surface area (Å²) >= 11 is 23.0. The number of carbonyl (C=O) groups is 1. The van der Waals surface area contributed by atoms with Gasteiger partial charge in [0.25, 0.3) is 0 Å². The zero-order chi connectivity index (χ0) is 24.5. The fraction of sp³-hybridized carbons (Fsp3) is 0.167. The van der Waals surface area contributed by atoms with Crippen LogP contribution in [0, 0.1) is 0 Å². The molecule has 10 heteroatoms. The molecule has 0 aliphatic carbocycles. The van der Waals surface area contributed by atoms with Gasteiger partial charge in [-0.1, -0.05) is 40.9 Å². The second-order valence-corrected chi connectivity index (χ2v) is 10.2. The van der Waals surface area contributed by atoms with E-state index in [2.05, 4.69) is 26.5 Å². The van der Waals surface area contributed by atoms with E-state index in [0.29, 0.717) is 43.2 Å². The minimum atomic E-state index is -0.176. The predicted molar refractivity (Wildman–Crippen MR) is 144 cm³/mol. The van der Waals surface area contributed by atoms with Crippen LogP contribution in [0.1, 0.15) is 17.5 Å². The number of hydrogen-bond acceptors (Lipinski definition) is 5. The summed E-state index contributed by atoms with van der Waals surface area (Å²) in [6.07, 6.45) is 1.87. The van der Waals surface area contributed by atoms with E-state index in [0.717, 1.165) is 16.0 Å². The van der Waals surface area contributed by atoms with Gasteiger partial charge in [-0.2, -0.15) is 5.10 Å². The van der Waals surface area contributed by atoms with Crippen molar-refractivity contribution in [1.29, 1.82) is 0 Å². The van der Waals surface area contributed by atoms with E-state index in [1.165, 1.54) is 0 Å². The minimum Gasteiger partial charge on any atom is -0.493 e. The van der Waals surface area contributed by atoms with Gasteiger partial charge < -0.3 is 9.47 Å². The number of amides is 1. The molecular formula is C24H20BrCl3N2O3S. The standard InChI is InChI=1S/C24H20BrCl3N2O3S/c1-32-22-12-16(10-19(25)24(22)33-14-15-2-7-20(27)21(28)11-15)13-29-30-23(31)8-9-34-18-5-3-17(26)4-6-18/h2-7,10-13H,8-9,14H2,1H3,(H,30,31)/b29-13-. The van der Waals surface area contributed by atoms with Crippen LogP contribution in [0.3, 0.4) is 0 Å². The van der Waals surface area contributed by atoms with Crippen molar-refractivity contribution in [3.05, 3.63) is 85.3 Å². The van der Waals surface area contributed by atoms with E-state index in [9.17, 15) is 4.79 Å². The third-order valence-corrected chi connectivity index (χ3v) is 7.03. The van der Waals surface area contributed by atoms with E-state index >= 15 is 0 Å². The molecule has 0 atom stereocenters. The van der Waals surface area contributed by atoms with Gasteiger partial charge in [0.15, 0.2) is 11.5 Å². The second-order valence-electron chi connectivity index (χ2n) is 6.92. The lowest BCUT2D eigenvalue weighted by Crippen LogP contribution is -2.17. The molecule has 178 valence electrons. The van der Waals surface area contributed by atoms with Crippen molar-refractivity contribution < 1.29 is 14.3 Å². The Hall–Kier alpha value is -1.90. The molecule has 0 heterocycles. The minimum absolute atomic E-state index is 0.176. The first-order chi connectivity index (χ1) is 16.4. The highest BCUT2D eigenvalue weighted by Gasteiger charge is 2.12. The van der Waals surface area contributed by atoms with Gasteiger partial charge in [-0.05, 0) is 75.6 Å². The molecule has 0 radical (unpaired) electrons. The Balaban J connectivity index is 1.53. The molecule has 1 amide bonds. The van der Waals surface area contributed by atoms with Crippen molar-refractivity contribution in [2.75, 3.05) is 12.9 Å². The molecule has 0 spiro atoms. The number of methoxy groups -OCH3 is 1. The summed E-state index contributed by atoms with van der Waals surface area (Å²) in [6.45, 7) is 0.281. The van der Waals surface area contributed by atoms with Gasteiger partial charge >= 0.3 is 0 Å². The average Bonchev–Trinajstić information content (AvgIpc) is 2.81. The lowest BCUT2D eigenvalue weighted by molar-refractivity contribution is -0.120. The van der Waals surface area contributed by atoms with E-state index in [-0.39, 0.29) is 12.5 Å². The number of halogens is 4. The van der Waals surface area contributed by atoms with Gasteiger partial charge in [-0.25, -0.2) is 5.43 Å². The van der Waals surface area contributed by atoms with Crippen molar-refractivity contribution >= 4 is 74.6 Å². The quantitative estimate of drug-likeness (QED) is 0.147. The fourth-order valence-electron chi connectivity index (χ4n) is 2.77. The number of rotatable bonds is 10. The summed E-state index contributed by atoms with van der Waals surface area (Å²) < 4.78 is 12.1. The number of ether oxygens (including phenoxy) is 2. The van der Waals surface area contributed by atoms with Crippen LogP contribution in [-0.4, -0.2) is 25.0 Å². The monoisotopic (exact) mass is 600 g/mol. The van der Waals surface area contributed by atoms with Crippen LogP contribution in [0.2, 0.25) is 15.1 Å². The van der Waals surface area contributed by atoms with Crippen molar-refractivity contribution in [2.24, 2.45) is 5.10 Å². The molecule has 0 aliphatic heterocycles. The molecule has 0 fully saturated rings. The molecule has 3 aromatic rings. The van der Waals surface area contributed by atoms with Crippen LogP contribution in [0.25, 0.3) is 0 Å². The van der Waals surface area contributed by atoms with E-state index in [1.54, 1.807) is 43.3 Å². The molecule has 3 rings (SSSR count). The maximum absolute atomic E-state index is 12.1. The maximum atomic E-state index is 12.1. The number of carbonyl (C=O) groups excluding carboxylic acids is 1. The number of benzene rings is 3. The molecule has 0 saturated heterocycles. The van der Waals surface area contributed by atoms with E-state index < -0.39 is 0 Å². The molecule has 0 saturated carbocycles. The van der Waals surface area contributed by atoms with Crippen LogP contribution in [0.4, 0.5) is 0 Å². The van der Waals surface area contributed by atoms with Gasteiger partial charge in [0, 0.05) is 22.1 Å². The van der Waals surface area contributed by atoms with Gasteiger partial charge in [-0.15, -0.1) is 11.8 Å². The normalized spacial score (nSPS) is 11.0. The smallest absolute Gasteiger partial charge is 0.240 e. The number of hydrogen-bond donors (Lipinski definition) is 1. The Morgan fingerprint density at radius 1 is 1.09 bits per heavy atom. The van der Waals surface area contributed by atoms with Crippen LogP contribution in [0.15, 0.2) is 69.1 Å². The Labute approximate surface area is 225 Å². The number of nitrogens with one attached hydrogen (secondary N) is 1. The lowest BCUT2D eigenvalue weighted by Gasteiger charge is -2.14. The van der Waals surface area contributed by atoms with E-state index in [1.807, 2.05) is 36.4 Å². The summed E-state index contributed by atoms with van der Waals surface area (Å²) in [4.78, 5) is 13.1. The van der Waals surface area contributed by atoms with Gasteiger partial charge in [0.05, 0.1) is 27.8 Å². The molecule has 3 aromatic carbocycles. The summed E-state index contributed by atoms with van der Waals surface area (Å²) in [5, 5.41) is 5.68. The highest BCUT2D eigenvalue weighted by molar-refractivity contribution is 9.10. The Kier molecular flexibility index (Phi) is 10.4. The van der Waals surface area contributed by atoms with Crippen molar-refractivity contribution in [3.8, 4) is 11.5 Å². The van der Waals surface area contributed by atoms with Gasteiger partial charge in [0.1, 0.15) is 6.61 Å². The fourth-order valence-corrected chi connectivity index (χ4v) is 4.64. The lowest BCUT2D eigenvalue weighted by atomic mass is 10.2. The highest BCUT2D eigenvalue weighted by atomic mass is 79.9. The largest absolute Gasteiger partial charge is 0.493 e. The third-order valence-electron chi connectivity index (χ3n) is 4.43. The van der Waals surface area contributed by atoms with Crippen LogP contribution < -0.4 is 14.9 Å². The van der Waals surface area contributed by atoms with Crippen LogP contribution in [0.5, 0.6) is 11.5 Å². The number of thioether (sulfide) groups is 1. The first-order valence-corrected chi connectivity index (χ1v) is 12.9. The molecule has 1 N–H and O–H groups in total. The van der Waals surface area contributed by atoms with Crippen LogP contribution >= 0.6 is 62.5 Å². The SMILES string of the molecule is COc1cc(/C=N\NC(=O)CCSc2ccc(Cl)cc2)cc(Br)c1OCc1ccc(Cl)c(Cl)c1. The number of hydrazone groups is 1. The van der Waals surface area contributed by atoms with Crippen molar-refractivity contribution in [2.45, 2.75) is 17.9 Å². The summed E-state index contributed by atoms with van der Waals surface area (Å²) in [6, 6.07) is 16.4. The van der Waals surface area contributed by atoms with E-state index in [4.69, 9.17) is 44.3 Å². The first-order valence-electron chi connectivity index (χ1n) is 10.00. The second kappa shape index (κ2) is 13.3. The Morgan fingerprint density at radius 2 is 1.85 bits per heavy atom. The number of nitrogens with zero attached hydrogens (tertiary/aromatic N) is 1. The first kappa shape index (κ1) is 26.7. The molecule has 5 nitrogen and oxygen atoms in total. The molecule has 0 bridgehead atoms. The third kappa shape index (κ3) is 8.10. The molecule has 0 aromatic heterocycles. The molecular weight excluding hydrogens is 583 g/mol. The maximum Gasteiger partial charge on any atom is 0.240 e. The molecule has 34 heavy (non-hydrogen) atoms. The van der Waals surface area contributed by atoms with Crippen molar-refractivity contribution in [1.82, 2.24) is 5.43 Å². The summed E-state index contributed by atoms with van der Waals surface area (Å²) in [7, 11) is 1.55. The van der Waals surface area contributed by atoms with Crippen molar-refractivity contribution in [3.63, 3.8) is 0 Å². The summed E-state index contributed by atoms with van der Waals surface area (Å²) in [5.41, 5.74) is 4.13. The molecule has 0 unspecified atom stereocenters. The zero-order valence-electron chi connectivity index (χ0n) is 18.0. The van der Waals surface area contributed by atoms with Gasteiger partial charge in [-0.3, -0.25) is 4.79 Å². The Morgan fingerprint density at radius 3 is 2.56 bits per heavy atom. The topological polar surface area (TPSA) is 59.9 Å². The summed E-state index contributed by atoms with van der Waals surface area (Å²) in [5.74, 6) is 1.51. The Bertz CT molecular complexity index is 1180. The highest BCUT2D eigenvalue weighted by Crippen LogP contribution is 2.37. The van der Waals surface area contributed by atoms with Gasteiger partial charge in [0.2, 0.25) is 5.91 Å².